The van der Waals surface area contributed by atoms with Crippen LogP contribution in [0.5, 0.6) is 0 Å². The predicted octanol–water partition coefficient (Wildman–Crippen LogP) is 0.343. The lowest BCUT2D eigenvalue weighted by Gasteiger charge is -2.25. The molecule has 19 heteroatoms. The minimum absolute atomic E-state index is 0.000686. The molecule has 4 rings (SSSR count). The standard InChI is InChI=1S/C20H30N8O9P2/c1-34-12(3-5-27-11-25-17-18(22)23-10-24-19(17)27)8-36-39(32,33)14-7-16(28-6-4-15(21)26-20(28)29)37-13(14)9-35-38(2,30)31/h4,6,10-14,16H,3,5,7-9H2,1-2H3,(H,30,31)(H,32,33)(H2,21,26,29)(H2,22,23,24). The van der Waals surface area contributed by atoms with E-state index in [4.69, 9.17) is 30.0 Å². The Hall–Kier alpha value is -2.75. The van der Waals surface area contributed by atoms with Crippen molar-refractivity contribution in [3.8, 4) is 0 Å². The predicted molar refractivity (Wildman–Crippen MR) is 138 cm³/mol. The Kier molecular flexibility index (Phi) is 8.83. The molecule has 214 valence electrons. The largest absolute Gasteiger partial charge is 0.383 e. The van der Waals surface area contributed by atoms with Gasteiger partial charge in [-0.3, -0.25) is 13.7 Å². The topological polar surface area (TPSA) is 242 Å². The number of nitrogen functional groups attached to an aromatic ring is 2. The Morgan fingerprint density at radius 3 is 2.69 bits per heavy atom. The maximum absolute atomic E-state index is 13.4. The van der Waals surface area contributed by atoms with E-state index in [1.807, 2.05) is 0 Å². The van der Waals surface area contributed by atoms with E-state index in [1.54, 1.807) is 10.9 Å². The molecule has 6 N–H and O–H groups in total. The molecule has 1 aliphatic heterocycles. The molecule has 0 amide bonds. The molecule has 3 aromatic heterocycles. The fourth-order valence-electron chi connectivity index (χ4n) is 4.14. The Labute approximate surface area is 222 Å². The summed E-state index contributed by atoms with van der Waals surface area (Å²) < 4.78 is 49.6. The first-order valence-electron chi connectivity index (χ1n) is 11.7. The lowest BCUT2D eigenvalue weighted by atomic mass is 10.2. The highest BCUT2D eigenvalue weighted by Crippen LogP contribution is 2.56. The van der Waals surface area contributed by atoms with Gasteiger partial charge >= 0.3 is 20.9 Å². The number of imidazole rings is 1. The van der Waals surface area contributed by atoms with Gasteiger partial charge in [0.05, 0.1) is 37.4 Å². The van der Waals surface area contributed by atoms with E-state index in [9.17, 15) is 23.7 Å². The van der Waals surface area contributed by atoms with Crippen molar-refractivity contribution >= 4 is 38.0 Å². The van der Waals surface area contributed by atoms with Crippen LogP contribution < -0.4 is 17.2 Å². The van der Waals surface area contributed by atoms with Crippen molar-refractivity contribution in [1.29, 1.82) is 0 Å². The number of hydrogen-bond donors (Lipinski definition) is 4. The fourth-order valence-corrected chi connectivity index (χ4v) is 6.15. The quantitative estimate of drug-likeness (QED) is 0.209. The number of anilines is 2. The highest BCUT2D eigenvalue weighted by molar-refractivity contribution is 7.53. The molecule has 0 aliphatic carbocycles. The van der Waals surface area contributed by atoms with E-state index in [0.717, 1.165) is 11.2 Å². The second-order valence-corrected chi connectivity index (χ2v) is 12.9. The zero-order chi connectivity index (χ0) is 28.4. The molecule has 4 heterocycles. The lowest BCUT2D eigenvalue weighted by Crippen LogP contribution is -2.29. The molecule has 6 atom stereocenters. The van der Waals surface area contributed by atoms with Crippen molar-refractivity contribution in [2.24, 2.45) is 0 Å². The first-order chi connectivity index (χ1) is 18.4. The summed E-state index contributed by atoms with van der Waals surface area (Å²) in [6.07, 6.45) is 1.73. The highest BCUT2D eigenvalue weighted by Gasteiger charge is 2.48. The van der Waals surface area contributed by atoms with Gasteiger partial charge in [0.15, 0.2) is 11.5 Å². The fraction of sp³-hybridized carbons (Fsp3) is 0.550. The van der Waals surface area contributed by atoms with Gasteiger partial charge in [0, 0.05) is 32.9 Å². The third kappa shape index (κ3) is 7.07. The minimum atomic E-state index is -4.43. The van der Waals surface area contributed by atoms with Crippen LogP contribution in [0.25, 0.3) is 11.2 Å². The number of fused-ring (bicyclic) bond motifs is 1. The Bertz CT molecular complexity index is 1460. The van der Waals surface area contributed by atoms with Crippen LogP contribution in [0.3, 0.4) is 0 Å². The molecule has 0 saturated carbocycles. The smallest absolute Gasteiger partial charge is 0.351 e. The van der Waals surface area contributed by atoms with Crippen molar-refractivity contribution in [2.45, 2.75) is 43.5 Å². The molecule has 6 unspecified atom stereocenters. The van der Waals surface area contributed by atoms with Gasteiger partial charge < -0.3 is 44.3 Å². The Morgan fingerprint density at radius 1 is 1.23 bits per heavy atom. The van der Waals surface area contributed by atoms with Crippen molar-refractivity contribution in [2.75, 3.05) is 38.5 Å². The lowest BCUT2D eigenvalue weighted by molar-refractivity contribution is -0.0221. The molecule has 3 aromatic rings. The van der Waals surface area contributed by atoms with Crippen LogP contribution in [0.1, 0.15) is 19.1 Å². The number of nitrogens with two attached hydrogens (primary N) is 2. The first-order valence-corrected chi connectivity index (χ1v) is 15.4. The van der Waals surface area contributed by atoms with E-state index in [0.29, 0.717) is 24.1 Å². The van der Waals surface area contributed by atoms with Gasteiger partial charge in [-0.1, -0.05) is 0 Å². The molecule has 0 bridgehead atoms. The summed E-state index contributed by atoms with van der Waals surface area (Å²) in [5.41, 5.74) is 10.4. The Balaban J connectivity index is 1.44. The van der Waals surface area contributed by atoms with Crippen molar-refractivity contribution in [3.63, 3.8) is 0 Å². The molecule has 1 fully saturated rings. The SMILES string of the molecule is COC(CCn1cnc2c(N)ncnc21)COP(=O)(O)C1CC(n2ccc(N)nc2=O)OC1COP(C)(=O)O. The average molecular weight is 588 g/mol. The minimum Gasteiger partial charge on any atom is -0.383 e. The van der Waals surface area contributed by atoms with Crippen LogP contribution in [0.2, 0.25) is 0 Å². The van der Waals surface area contributed by atoms with Crippen LogP contribution in [0, 0.1) is 0 Å². The molecule has 39 heavy (non-hydrogen) atoms. The number of nitrogens with zero attached hydrogens (tertiary/aromatic N) is 6. The van der Waals surface area contributed by atoms with Gasteiger partial charge in [0.1, 0.15) is 23.9 Å². The zero-order valence-corrected chi connectivity index (χ0v) is 22.9. The molecular weight excluding hydrogens is 558 g/mol. The van der Waals surface area contributed by atoms with Crippen molar-refractivity contribution in [3.05, 3.63) is 35.4 Å². The van der Waals surface area contributed by atoms with Gasteiger partial charge in [0.25, 0.3) is 0 Å². The maximum Gasteiger partial charge on any atom is 0.351 e. The average Bonchev–Trinajstić information content (AvgIpc) is 3.48. The number of ether oxygens (including phenoxy) is 2. The first kappa shape index (κ1) is 29.2. The molecule has 17 nitrogen and oxygen atoms in total. The van der Waals surface area contributed by atoms with Crippen LogP contribution in [-0.4, -0.2) is 83.7 Å². The summed E-state index contributed by atoms with van der Waals surface area (Å²) in [7, 11) is -6.92. The number of aromatic nitrogens is 6. The summed E-state index contributed by atoms with van der Waals surface area (Å²) in [5, 5.41) is 0. The molecule has 0 aromatic carbocycles. The third-order valence-corrected chi connectivity index (χ3v) is 8.69. The van der Waals surface area contributed by atoms with Gasteiger partial charge in [0.2, 0.25) is 0 Å². The molecule has 1 aliphatic rings. The number of aryl methyl sites for hydroxylation is 1. The Morgan fingerprint density at radius 2 is 2.00 bits per heavy atom. The van der Waals surface area contributed by atoms with Crippen molar-refractivity contribution < 1.29 is 37.4 Å². The monoisotopic (exact) mass is 588 g/mol. The van der Waals surface area contributed by atoms with Gasteiger partial charge in [-0.15, -0.1) is 0 Å². The number of hydrogen-bond acceptors (Lipinski definition) is 13. The molecule has 1 saturated heterocycles. The molecule has 0 radical (unpaired) electrons. The van der Waals surface area contributed by atoms with E-state index in [1.165, 1.54) is 25.7 Å². The van der Waals surface area contributed by atoms with Crippen LogP contribution in [0.4, 0.5) is 11.6 Å². The van der Waals surface area contributed by atoms with Gasteiger partial charge in [-0.05, 0) is 12.5 Å². The van der Waals surface area contributed by atoms with E-state index in [2.05, 4.69) is 19.9 Å². The van der Waals surface area contributed by atoms with E-state index >= 15 is 0 Å². The molecule has 0 spiro atoms. The second-order valence-electron chi connectivity index (χ2n) is 8.95. The van der Waals surface area contributed by atoms with Crippen molar-refractivity contribution in [1.82, 2.24) is 29.1 Å². The third-order valence-electron chi connectivity index (χ3n) is 6.16. The maximum atomic E-state index is 13.4. The number of rotatable bonds is 12. The second kappa shape index (κ2) is 11.8. The van der Waals surface area contributed by atoms with Gasteiger partial charge in [-0.25, -0.2) is 19.7 Å². The molecular formula is C20H30N8O9P2. The summed E-state index contributed by atoms with van der Waals surface area (Å²) in [4.78, 5) is 48.7. The zero-order valence-electron chi connectivity index (χ0n) is 21.1. The summed E-state index contributed by atoms with van der Waals surface area (Å²) in [5.74, 6) is 0.249. The van der Waals surface area contributed by atoms with E-state index in [-0.39, 0.29) is 24.7 Å². The van der Waals surface area contributed by atoms with Crippen LogP contribution >= 0.6 is 15.2 Å². The van der Waals surface area contributed by atoms with E-state index < -0.39 is 51.6 Å². The van der Waals surface area contributed by atoms with Gasteiger partial charge in [-0.2, -0.15) is 4.98 Å². The summed E-state index contributed by atoms with van der Waals surface area (Å²) in [6, 6.07) is 1.37. The normalized spacial score (nSPS) is 23.4. The van der Waals surface area contributed by atoms with Crippen LogP contribution in [-0.2, 0) is 34.2 Å². The summed E-state index contributed by atoms with van der Waals surface area (Å²) in [6.45, 7) is 0.636. The van der Waals surface area contributed by atoms with Crippen LogP contribution in [0.15, 0.2) is 29.7 Å². The highest BCUT2D eigenvalue weighted by atomic mass is 31.2. The number of methoxy groups -OCH3 is 1. The summed E-state index contributed by atoms with van der Waals surface area (Å²) >= 11 is 0.